The van der Waals surface area contributed by atoms with E-state index in [0.717, 1.165) is 19.5 Å². The Morgan fingerprint density at radius 1 is 1.30 bits per heavy atom. The Kier molecular flexibility index (Phi) is 4.68. The molecule has 3 nitrogen and oxygen atoms in total. The minimum Gasteiger partial charge on any atom is -0.299 e. The van der Waals surface area contributed by atoms with E-state index in [0.29, 0.717) is 26.8 Å². The van der Waals surface area contributed by atoms with E-state index >= 15 is 0 Å². The minimum atomic E-state index is 0.0876. The first-order valence-corrected chi connectivity index (χ1v) is 8.65. The molecule has 6 heteroatoms. The molecule has 3 heterocycles. The van der Waals surface area contributed by atoms with E-state index < -0.39 is 0 Å². The van der Waals surface area contributed by atoms with Gasteiger partial charge in [-0.2, -0.15) is 0 Å². The van der Waals surface area contributed by atoms with Crippen LogP contribution in [0.15, 0.2) is 6.07 Å². The molecule has 2 aliphatic heterocycles. The van der Waals surface area contributed by atoms with Crippen molar-refractivity contribution in [1.82, 2.24) is 9.80 Å². The Hall–Kier alpha value is -0.130. The summed E-state index contributed by atoms with van der Waals surface area (Å²) in [6.07, 6.45) is 3.69. The molecule has 2 saturated heterocycles. The Bertz CT molecular complexity index is 505. The molecular formula is C14H18Cl2N2OS. The number of fused-ring (bicyclic) bond motifs is 1. The van der Waals surface area contributed by atoms with Gasteiger partial charge in [0.1, 0.15) is 4.34 Å². The molecule has 3 rings (SSSR count). The van der Waals surface area contributed by atoms with Crippen LogP contribution in [0.1, 0.15) is 29.6 Å². The summed E-state index contributed by atoms with van der Waals surface area (Å²) in [4.78, 5) is 17.2. The van der Waals surface area contributed by atoms with Crippen LogP contribution in [0.25, 0.3) is 0 Å². The van der Waals surface area contributed by atoms with E-state index in [1.807, 2.05) is 0 Å². The van der Waals surface area contributed by atoms with Crippen molar-refractivity contribution in [2.45, 2.75) is 25.3 Å². The van der Waals surface area contributed by atoms with Gasteiger partial charge < -0.3 is 0 Å². The second kappa shape index (κ2) is 6.32. The molecule has 0 aromatic carbocycles. The van der Waals surface area contributed by atoms with Gasteiger partial charge in [-0.3, -0.25) is 14.6 Å². The predicted octanol–water partition coefficient (Wildman–Crippen LogP) is 3.41. The zero-order chi connectivity index (χ0) is 14.1. The van der Waals surface area contributed by atoms with Gasteiger partial charge in [0.2, 0.25) is 0 Å². The Balaban J connectivity index is 1.64. The first kappa shape index (κ1) is 14.8. The van der Waals surface area contributed by atoms with Gasteiger partial charge in [-0.25, -0.2) is 0 Å². The van der Waals surface area contributed by atoms with Crippen LogP contribution in [0, 0.1) is 0 Å². The van der Waals surface area contributed by atoms with Crippen LogP contribution in [0.5, 0.6) is 0 Å². The summed E-state index contributed by atoms with van der Waals surface area (Å²) in [5.41, 5.74) is 0.578. The van der Waals surface area contributed by atoms with Crippen LogP contribution in [-0.2, 0) is 0 Å². The van der Waals surface area contributed by atoms with E-state index in [1.54, 1.807) is 6.07 Å². The van der Waals surface area contributed by atoms with Crippen molar-refractivity contribution in [2.24, 2.45) is 0 Å². The van der Waals surface area contributed by atoms with Crippen molar-refractivity contribution in [3.05, 3.63) is 20.3 Å². The van der Waals surface area contributed by atoms with E-state index in [9.17, 15) is 4.79 Å². The fraction of sp³-hybridized carbons (Fsp3) is 0.643. The predicted molar refractivity (Wildman–Crippen MR) is 84.3 cm³/mol. The van der Waals surface area contributed by atoms with Crippen LogP contribution in [-0.4, -0.2) is 54.3 Å². The van der Waals surface area contributed by atoms with E-state index in [4.69, 9.17) is 23.2 Å². The van der Waals surface area contributed by atoms with Crippen LogP contribution in [0.3, 0.4) is 0 Å². The number of ketones is 1. The van der Waals surface area contributed by atoms with Gasteiger partial charge in [-0.05, 0) is 45.0 Å². The first-order chi connectivity index (χ1) is 9.63. The van der Waals surface area contributed by atoms with E-state index in [-0.39, 0.29) is 5.78 Å². The number of nitrogens with zero attached hydrogens (tertiary/aromatic N) is 2. The molecule has 1 unspecified atom stereocenters. The maximum atomic E-state index is 12.4. The Morgan fingerprint density at radius 2 is 2.10 bits per heavy atom. The third-order valence-electron chi connectivity index (χ3n) is 4.21. The maximum Gasteiger partial charge on any atom is 0.179 e. The number of carbonyl (C=O) groups is 1. The lowest BCUT2D eigenvalue weighted by atomic mass is 10.2. The lowest BCUT2D eigenvalue weighted by Crippen LogP contribution is -2.38. The molecule has 0 saturated carbocycles. The molecule has 0 aliphatic carbocycles. The number of thiophene rings is 1. The molecule has 2 aliphatic rings. The molecule has 0 amide bonds. The van der Waals surface area contributed by atoms with Gasteiger partial charge in [0.05, 0.1) is 16.4 Å². The average Bonchev–Trinajstić information content (AvgIpc) is 2.91. The average molecular weight is 333 g/mol. The highest BCUT2D eigenvalue weighted by atomic mass is 35.5. The highest BCUT2D eigenvalue weighted by Crippen LogP contribution is 2.31. The fourth-order valence-corrected chi connectivity index (χ4v) is 4.74. The molecular weight excluding hydrogens is 315 g/mol. The van der Waals surface area contributed by atoms with Gasteiger partial charge in [0, 0.05) is 12.6 Å². The summed E-state index contributed by atoms with van der Waals surface area (Å²) in [7, 11) is 0. The van der Waals surface area contributed by atoms with Crippen LogP contribution < -0.4 is 0 Å². The van der Waals surface area contributed by atoms with Gasteiger partial charge in [-0.1, -0.05) is 23.2 Å². The molecule has 1 aromatic heterocycles. The molecule has 0 radical (unpaired) electrons. The topological polar surface area (TPSA) is 23.6 Å². The lowest BCUT2D eigenvalue weighted by molar-refractivity contribution is 0.0925. The third-order valence-corrected chi connectivity index (χ3v) is 5.70. The first-order valence-electron chi connectivity index (χ1n) is 7.08. The van der Waals surface area contributed by atoms with Crippen molar-refractivity contribution in [1.29, 1.82) is 0 Å². The summed E-state index contributed by atoms with van der Waals surface area (Å²) < 4.78 is 1.09. The molecule has 0 bridgehead atoms. The van der Waals surface area contributed by atoms with Crippen molar-refractivity contribution >= 4 is 40.3 Å². The molecule has 1 atom stereocenters. The summed E-state index contributed by atoms with van der Waals surface area (Å²) in [5, 5.41) is 0. The van der Waals surface area contributed by atoms with Gasteiger partial charge in [0.25, 0.3) is 0 Å². The van der Waals surface area contributed by atoms with Crippen molar-refractivity contribution in [3.8, 4) is 0 Å². The quantitative estimate of drug-likeness (QED) is 0.792. The van der Waals surface area contributed by atoms with Gasteiger partial charge in [0.15, 0.2) is 5.78 Å². The van der Waals surface area contributed by atoms with Crippen molar-refractivity contribution < 1.29 is 4.79 Å². The molecule has 2 fully saturated rings. The van der Waals surface area contributed by atoms with Crippen molar-refractivity contribution in [3.63, 3.8) is 0 Å². The second-order valence-electron chi connectivity index (χ2n) is 5.58. The van der Waals surface area contributed by atoms with E-state index in [1.165, 1.54) is 37.3 Å². The maximum absolute atomic E-state index is 12.4. The van der Waals surface area contributed by atoms with Crippen molar-refractivity contribution in [2.75, 3.05) is 32.7 Å². The van der Waals surface area contributed by atoms with Crippen LogP contribution in [0.4, 0.5) is 0 Å². The van der Waals surface area contributed by atoms with Crippen LogP contribution >= 0.6 is 34.5 Å². The Morgan fingerprint density at radius 3 is 2.85 bits per heavy atom. The van der Waals surface area contributed by atoms with Crippen LogP contribution in [0.2, 0.25) is 8.67 Å². The smallest absolute Gasteiger partial charge is 0.179 e. The lowest BCUT2D eigenvalue weighted by Gasteiger charge is -2.24. The largest absolute Gasteiger partial charge is 0.299 e. The standard InChI is InChI=1S/C14H18Cl2N2OS/c15-13-7-11(14(16)20-13)12(19)9-17-4-2-6-18-5-1-3-10(18)8-17/h7,10H,1-6,8-9H2. The van der Waals surface area contributed by atoms with E-state index in [2.05, 4.69) is 9.80 Å². The summed E-state index contributed by atoms with van der Waals surface area (Å²) in [6.45, 7) is 4.84. The summed E-state index contributed by atoms with van der Waals surface area (Å²) >= 11 is 13.2. The molecule has 0 N–H and O–H groups in total. The zero-order valence-electron chi connectivity index (χ0n) is 11.3. The second-order valence-corrected chi connectivity index (χ2v) is 7.87. The minimum absolute atomic E-state index is 0.0876. The number of rotatable bonds is 3. The molecule has 20 heavy (non-hydrogen) atoms. The fourth-order valence-electron chi connectivity index (χ4n) is 3.25. The highest BCUT2D eigenvalue weighted by Gasteiger charge is 2.29. The zero-order valence-corrected chi connectivity index (χ0v) is 13.6. The number of hydrogen-bond acceptors (Lipinski definition) is 4. The van der Waals surface area contributed by atoms with Gasteiger partial charge >= 0.3 is 0 Å². The normalized spacial score (nSPS) is 24.6. The monoisotopic (exact) mass is 332 g/mol. The molecule has 110 valence electrons. The highest BCUT2D eigenvalue weighted by molar-refractivity contribution is 7.20. The summed E-state index contributed by atoms with van der Waals surface area (Å²) in [6, 6.07) is 2.32. The third kappa shape index (κ3) is 3.20. The molecule has 1 aromatic rings. The SMILES string of the molecule is O=C(CN1CCCN2CCCC2C1)c1cc(Cl)sc1Cl. The number of carbonyl (C=O) groups excluding carboxylic acids is 1. The number of hydrogen-bond donors (Lipinski definition) is 0. The number of Topliss-reactive ketones (excluding diaryl/α,β-unsaturated/α-hetero) is 1. The summed E-state index contributed by atoms with van der Waals surface area (Å²) in [5.74, 6) is 0.0876. The number of halogens is 2. The van der Waals surface area contributed by atoms with Gasteiger partial charge in [-0.15, -0.1) is 11.3 Å². The Labute approximate surface area is 133 Å². The molecule has 0 spiro atoms.